The molecule has 10 heteroatoms. The maximum absolute atomic E-state index is 12.9. The van der Waals surface area contributed by atoms with Crippen LogP contribution >= 0.6 is 11.3 Å². The molecule has 1 aliphatic rings. The fourth-order valence-corrected chi connectivity index (χ4v) is 4.25. The van der Waals surface area contributed by atoms with E-state index in [-0.39, 0.29) is 18.9 Å². The highest BCUT2D eigenvalue weighted by molar-refractivity contribution is 7.22. The van der Waals surface area contributed by atoms with Crippen LogP contribution < -0.4 is 26.0 Å². The lowest BCUT2D eigenvalue weighted by atomic mass is 10.2. The summed E-state index contributed by atoms with van der Waals surface area (Å²) < 4.78 is 12.5. The Morgan fingerprint density at radius 1 is 1.19 bits per heavy atom. The van der Waals surface area contributed by atoms with Gasteiger partial charge in [-0.1, -0.05) is 23.5 Å². The Labute approximate surface area is 178 Å². The number of nitrogens with one attached hydrogen (secondary N) is 2. The van der Waals surface area contributed by atoms with E-state index in [1.807, 2.05) is 25.1 Å². The van der Waals surface area contributed by atoms with E-state index in [0.29, 0.717) is 22.2 Å². The lowest BCUT2D eigenvalue weighted by Gasteiger charge is -2.08. The number of carbonyl (C=O) groups is 1. The van der Waals surface area contributed by atoms with Gasteiger partial charge < -0.3 is 14.5 Å². The number of hydrogen-bond acceptors (Lipinski definition) is 7. The minimum Gasteiger partial charge on any atom is -0.454 e. The number of amides is 1. The molecule has 0 saturated carbocycles. The summed E-state index contributed by atoms with van der Waals surface area (Å²) in [5.41, 5.74) is 1.01. The number of rotatable bonds is 4. The van der Waals surface area contributed by atoms with Gasteiger partial charge in [0.1, 0.15) is 5.56 Å². The minimum absolute atomic E-state index is 0.0215. The number of fused-ring (bicyclic) bond motifs is 2. The van der Waals surface area contributed by atoms with Crippen molar-refractivity contribution in [2.45, 2.75) is 13.5 Å². The van der Waals surface area contributed by atoms with E-state index >= 15 is 0 Å². The second-order valence-corrected chi connectivity index (χ2v) is 8.06. The van der Waals surface area contributed by atoms with Crippen molar-refractivity contribution >= 4 is 32.6 Å². The average Bonchev–Trinajstić information content (AvgIpc) is 3.36. The van der Waals surface area contributed by atoms with Gasteiger partial charge in [-0.3, -0.25) is 19.5 Å². The maximum atomic E-state index is 12.9. The molecular formula is C21H16N4O5S. The van der Waals surface area contributed by atoms with E-state index < -0.39 is 17.2 Å². The molecule has 31 heavy (non-hydrogen) atoms. The van der Waals surface area contributed by atoms with Crippen LogP contribution in [0.1, 0.15) is 21.5 Å². The van der Waals surface area contributed by atoms with Gasteiger partial charge in [0.2, 0.25) is 6.79 Å². The van der Waals surface area contributed by atoms with E-state index in [2.05, 4.69) is 15.3 Å². The summed E-state index contributed by atoms with van der Waals surface area (Å²) in [5, 5.41) is 3.02. The maximum Gasteiger partial charge on any atom is 0.328 e. The molecule has 0 spiro atoms. The molecule has 5 rings (SSSR count). The zero-order valence-electron chi connectivity index (χ0n) is 16.3. The molecule has 0 radical (unpaired) electrons. The van der Waals surface area contributed by atoms with Crippen molar-refractivity contribution in [2.75, 3.05) is 12.1 Å². The molecule has 0 aliphatic carbocycles. The summed E-state index contributed by atoms with van der Waals surface area (Å²) in [7, 11) is 0. The lowest BCUT2D eigenvalue weighted by Crippen LogP contribution is -2.39. The van der Waals surface area contributed by atoms with E-state index in [1.165, 1.54) is 11.3 Å². The number of carbonyl (C=O) groups excluding carboxylic acids is 1. The number of ether oxygens (including phenoxy) is 2. The van der Waals surface area contributed by atoms with Crippen LogP contribution in [0.15, 0.2) is 52.2 Å². The zero-order chi connectivity index (χ0) is 21.5. The second-order valence-electron chi connectivity index (χ2n) is 7.03. The SMILES string of the molecule is Cc1ccc2nc(NC(=O)c3c[nH]c(=O)n(Cc4ccc5c(c4)OCO5)c3=O)sc2c1. The summed E-state index contributed by atoms with van der Waals surface area (Å²) in [6, 6.07) is 10.9. The first-order valence-corrected chi connectivity index (χ1v) is 10.2. The van der Waals surface area contributed by atoms with E-state index in [9.17, 15) is 14.4 Å². The third-order valence-electron chi connectivity index (χ3n) is 4.85. The van der Waals surface area contributed by atoms with Crippen molar-refractivity contribution in [3.8, 4) is 11.5 Å². The van der Waals surface area contributed by atoms with Gasteiger partial charge >= 0.3 is 5.69 Å². The van der Waals surface area contributed by atoms with Gasteiger partial charge in [0.25, 0.3) is 11.5 Å². The average molecular weight is 436 g/mol. The first-order valence-electron chi connectivity index (χ1n) is 9.37. The Bertz CT molecular complexity index is 1450. The number of thiazole rings is 1. The number of aryl methyl sites for hydroxylation is 1. The molecule has 2 aromatic carbocycles. The fourth-order valence-electron chi connectivity index (χ4n) is 3.29. The summed E-state index contributed by atoms with van der Waals surface area (Å²) in [4.78, 5) is 44.7. The first kappa shape index (κ1) is 19.1. The number of aromatic nitrogens is 3. The molecule has 1 aliphatic heterocycles. The van der Waals surface area contributed by atoms with Crippen LogP contribution in [0.4, 0.5) is 5.13 Å². The van der Waals surface area contributed by atoms with Crippen LogP contribution in [0.3, 0.4) is 0 Å². The molecule has 156 valence electrons. The van der Waals surface area contributed by atoms with Gasteiger partial charge in [0.15, 0.2) is 16.6 Å². The largest absolute Gasteiger partial charge is 0.454 e. The first-order chi connectivity index (χ1) is 15.0. The summed E-state index contributed by atoms with van der Waals surface area (Å²) in [6.45, 7) is 2.08. The molecule has 0 bridgehead atoms. The highest BCUT2D eigenvalue weighted by Gasteiger charge is 2.18. The predicted molar refractivity (Wildman–Crippen MR) is 115 cm³/mol. The van der Waals surface area contributed by atoms with Crippen LogP contribution in [0.2, 0.25) is 0 Å². The van der Waals surface area contributed by atoms with E-state index in [4.69, 9.17) is 9.47 Å². The Kier molecular flexibility index (Phi) is 4.55. The highest BCUT2D eigenvalue weighted by atomic mass is 32.1. The highest BCUT2D eigenvalue weighted by Crippen LogP contribution is 2.32. The predicted octanol–water partition coefficient (Wildman–Crippen LogP) is 2.48. The van der Waals surface area contributed by atoms with E-state index in [0.717, 1.165) is 26.5 Å². The number of hydrogen-bond donors (Lipinski definition) is 2. The molecule has 0 saturated heterocycles. The third-order valence-corrected chi connectivity index (χ3v) is 5.78. The van der Waals surface area contributed by atoms with Crippen molar-refractivity contribution in [3.63, 3.8) is 0 Å². The second kappa shape index (κ2) is 7.40. The van der Waals surface area contributed by atoms with Gasteiger partial charge in [-0.25, -0.2) is 9.78 Å². The Morgan fingerprint density at radius 2 is 2.03 bits per heavy atom. The monoisotopic (exact) mass is 436 g/mol. The number of nitrogens with zero attached hydrogens (tertiary/aromatic N) is 2. The van der Waals surface area contributed by atoms with Gasteiger partial charge in [0, 0.05) is 6.20 Å². The molecule has 1 amide bonds. The quantitative estimate of drug-likeness (QED) is 0.508. The molecule has 4 aromatic rings. The van der Waals surface area contributed by atoms with Gasteiger partial charge in [0.05, 0.1) is 16.8 Å². The van der Waals surface area contributed by atoms with Crippen molar-refractivity contribution in [2.24, 2.45) is 0 Å². The molecule has 9 nitrogen and oxygen atoms in total. The Balaban J connectivity index is 1.43. The normalized spacial score (nSPS) is 12.3. The Morgan fingerprint density at radius 3 is 2.90 bits per heavy atom. The zero-order valence-corrected chi connectivity index (χ0v) is 17.1. The summed E-state index contributed by atoms with van der Waals surface area (Å²) in [5.74, 6) is 0.502. The number of aromatic amines is 1. The van der Waals surface area contributed by atoms with Gasteiger partial charge in [-0.15, -0.1) is 0 Å². The van der Waals surface area contributed by atoms with Crippen molar-refractivity contribution in [1.82, 2.24) is 14.5 Å². The fraction of sp³-hybridized carbons (Fsp3) is 0.143. The minimum atomic E-state index is -0.698. The van der Waals surface area contributed by atoms with Crippen LogP contribution in [-0.4, -0.2) is 27.2 Å². The number of H-pyrrole nitrogens is 1. The summed E-state index contributed by atoms with van der Waals surface area (Å²) >= 11 is 1.31. The van der Waals surface area contributed by atoms with Crippen LogP contribution in [0, 0.1) is 6.92 Å². The van der Waals surface area contributed by atoms with Gasteiger partial charge in [-0.05, 0) is 42.3 Å². The molecule has 2 aromatic heterocycles. The smallest absolute Gasteiger partial charge is 0.328 e. The summed E-state index contributed by atoms with van der Waals surface area (Å²) in [6.07, 6.45) is 1.12. The van der Waals surface area contributed by atoms with Crippen molar-refractivity contribution < 1.29 is 14.3 Å². The molecule has 0 unspecified atom stereocenters. The van der Waals surface area contributed by atoms with Crippen LogP contribution in [0.5, 0.6) is 11.5 Å². The van der Waals surface area contributed by atoms with E-state index in [1.54, 1.807) is 18.2 Å². The molecule has 2 N–H and O–H groups in total. The topological polar surface area (TPSA) is 115 Å². The van der Waals surface area contributed by atoms with Crippen molar-refractivity contribution in [3.05, 3.63) is 80.1 Å². The third kappa shape index (κ3) is 3.57. The molecule has 3 heterocycles. The molecular weight excluding hydrogens is 420 g/mol. The Hall–Kier alpha value is -3.92. The van der Waals surface area contributed by atoms with Crippen LogP contribution in [0.25, 0.3) is 10.2 Å². The lowest BCUT2D eigenvalue weighted by molar-refractivity contribution is 0.102. The standard InChI is InChI=1S/C21H16N4O5S/c1-11-2-4-14-17(6-11)31-20(23-14)24-18(26)13-8-22-21(28)25(19(13)27)9-12-3-5-15-16(7-12)30-10-29-15/h2-8H,9-10H2,1H3,(H,22,28)(H,23,24,26). The number of anilines is 1. The molecule has 0 atom stereocenters. The van der Waals surface area contributed by atoms with Gasteiger partial charge in [-0.2, -0.15) is 0 Å². The number of benzene rings is 2. The van der Waals surface area contributed by atoms with Crippen LogP contribution in [-0.2, 0) is 6.54 Å². The molecule has 0 fully saturated rings. The van der Waals surface area contributed by atoms with Crippen molar-refractivity contribution in [1.29, 1.82) is 0 Å².